The largest absolute Gasteiger partial charge is 0.464 e. The Bertz CT molecular complexity index is 794. The summed E-state index contributed by atoms with van der Waals surface area (Å²) in [7, 11) is 0. The zero-order valence-electron chi connectivity index (χ0n) is 10.9. The second-order valence-electron chi connectivity index (χ2n) is 4.63. The molecule has 0 unspecified atom stereocenters. The van der Waals surface area contributed by atoms with E-state index in [1.165, 1.54) is 0 Å². The van der Waals surface area contributed by atoms with Gasteiger partial charge in [0.15, 0.2) is 0 Å². The smallest absolute Gasteiger partial charge is 0.228 e. The molecule has 3 nitrogen and oxygen atoms in total. The summed E-state index contributed by atoms with van der Waals surface area (Å²) in [5.41, 5.74) is 2.22. The molecule has 0 spiro atoms. The number of halogens is 2. The third-order valence-corrected chi connectivity index (χ3v) is 3.58. The second-order valence-corrected chi connectivity index (χ2v) is 5.51. The number of hydrogen-bond acceptors (Lipinski definition) is 2. The molecular formula is C16H11Cl2NO2. The summed E-state index contributed by atoms with van der Waals surface area (Å²) in [4.78, 5) is 12.1. The number of hydrogen-bond donors (Lipinski definition) is 1. The average Bonchev–Trinajstić information content (AvgIpc) is 2.84. The van der Waals surface area contributed by atoms with Crippen molar-refractivity contribution in [2.45, 2.75) is 6.42 Å². The van der Waals surface area contributed by atoms with Crippen LogP contribution in [0.1, 0.15) is 5.56 Å². The van der Waals surface area contributed by atoms with Crippen LogP contribution in [0.2, 0.25) is 10.0 Å². The minimum absolute atomic E-state index is 0.125. The van der Waals surface area contributed by atoms with Crippen LogP contribution in [0.3, 0.4) is 0 Å². The third-order valence-electron chi connectivity index (χ3n) is 3.09. The molecular weight excluding hydrogens is 309 g/mol. The summed E-state index contributed by atoms with van der Waals surface area (Å²) in [5, 5.41) is 4.91. The maximum Gasteiger partial charge on any atom is 0.228 e. The number of carbonyl (C=O) groups is 1. The summed E-state index contributed by atoms with van der Waals surface area (Å²) in [5.74, 6) is -0.125. The van der Waals surface area contributed by atoms with E-state index in [1.54, 1.807) is 48.7 Å². The maximum atomic E-state index is 12.1. The Labute approximate surface area is 131 Å². The van der Waals surface area contributed by atoms with E-state index in [1.807, 2.05) is 0 Å². The highest BCUT2D eigenvalue weighted by molar-refractivity contribution is 6.31. The first-order valence-corrected chi connectivity index (χ1v) is 7.08. The normalized spacial score (nSPS) is 10.8. The van der Waals surface area contributed by atoms with Crippen molar-refractivity contribution >= 4 is 45.8 Å². The molecule has 1 aromatic heterocycles. The molecule has 21 heavy (non-hydrogen) atoms. The first kappa shape index (κ1) is 14.0. The molecule has 0 fully saturated rings. The number of furan rings is 1. The Balaban J connectivity index is 1.77. The van der Waals surface area contributed by atoms with Crippen LogP contribution < -0.4 is 5.32 Å². The van der Waals surface area contributed by atoms with E-state index in [2.05, 4.69) is 5.32 Å². The van der Waals surface area contributed by atoms with Crippen molar-refractivity contribution in [2.75, 3.05) is 5.32 Å². The third kappa shape index (κ3) is 3.20. The van der Waals surface area contributed by atoms with Gasteiger partial charge in [-0.25, -0.2) is 0 Å². The molecule has 2 aromatic carbocycles. The molecule has 0 aliphatic heterocycles. The Morgan fingerprint density at radius 2 is 1.76 bits per heavy atom. The van der Waals surface area contributed by atoms with Crippen molar-refractivity contribution in [3.05, 3.63) is 64.3 Å². The van der Waals surface area contributed by atoms with Crippen LogP contribution in [0.5, 0.6) is 0 Å². The number of rotatable bonds is 3. The van der Waals surface area contributed by atoms with Crippen molar-refractivity contribution < 1.29 is 9.21 Å². The topological polar surface area (TPSA) is 42.2 Å². The van der Waals surface area contributed by atoms with Gasteiger partial charge >= 0.3 is 0 Å². The highest BCUT2D eigenvalue weighted by Crippen LogP contribution is 2.25. The van der Waals surface area contributed by atoms with E-state index < -0.39 is 0 Å². The van der Waals surface area contributed by atoms with Gasteiger partial charge in [-0.2, -0.15) is 0 Å². The standard InChI is InChI=1S/C16H11Cl2NO2/c17-11-1-4-13(5-2-11)19-16(20)7-10-9-21-15-6-3-12(18)8-14(10)15/h1-6,8-9H,7H2,(H,19,20). The average molecular weight is 320 g/mol. The van der Waals surface area contributed by atoms with E-state index in [0.717, 1.165) is 10.9 Å². The van der Waals surface area contributed by atoms with Crippen molar-refractivity contribution in [2.24, 2.45) is 0 Å². The van der Waals surface area contributed by atoms with Crippen LogP contribution in [0.4, 0.5) is 5.69 Å². The molecule has 0 aliphatic rings. The van der Waals surface area contributed by atoms with E-state index in [9.17, 15) is 4.79 Å². The number of benzene rings is 2. The summed E-state index contributed by atoms with van der Waals surface area (Å²) in [6, 6.07) is 12.3. The van der Waals surface area contributed by atoms with Gasteiger partial charge in [-0.05, 0) is 42.5 Å². The predicted octanol–water partition coefficient (Wildman–Crippen LogP) is 4.92. The zero-order valence-corrected chi connectivity index (χ0v) is 12.4. The predicted molar refractivity (Wildman–Crippen MR) is 85.0 cm³/mol. The second kappa shape index (κ2) is 5.80. The number of anilines is 1. The van der Waals surface area contributed by atoms with Crippen molar-refractivity contribution in [3.63, 3.8) is 0 Å². The van der Waals surface area contributed by atoms with Gasteiger partial charge in [-0.3, -0.25) is 4.79 Å². The lowest BCUT2D eigenvalue weighted by Crippen LogP contribution is -2.14. The lowest BCUT2D eigenvalue weighted by Gasteiger charge is -2.04. The van der Waals surface area contributed by atoms with E-state index in [4.69, 9.17) is 27.6 Å². The fourth-order valence-electron chi connectivity index (χ4n) is 2.10. The fraction of sp³-hybridized carbons (Fsp3) is 0.0625. The molecule has 3 aromatic rings. The van der Waals surface area contributed by atoms with Gasteiger partial charge < -0.3 is 9.73 Å². The van der Waals surface area contributed by atoms with E-state index in [0.29, 0.717) is 21.3 Å². The fourth-order valence-corrected chi connectivity index (χ4v) is 2.40. The highest BCUT2D eigenvalue weighted by atomic mass is 35.5. The van der Waals surface area contributed by atoms with Crippen molar-refractivity contribution in [1.29, 1.82) is 0 Å². The molecule has 0 radical (unpaired) electrons. The van der Waals surface area contributed by atoms with Gasteiger partial charge in [0.2, 0.25) is 5.91 Å². The number of fused-ring (bicyclic) bond motifs is 1. The van der Waals surface area contributed by atoms with Crippen LogP contribution in [0, 0.1) is 0 Å². The highest BCUT2D eigenvalue weighted by Gasteiger charge is 2.11. The van der Waals surface area contributed by atoms with Gasteiger partial charge in [0.1, 0.15) is 5.58 Å². The summed E-state index contributed by atoms with van der Waals surface area (Å²) in [6.07, 6.45) is 1.80. The Hall–Kier alpha value is -1.97. The molecule has 1 heterocycles. The summed E-state index contributed by atoms with van der Waals surface area (Å²) >= 11 is 11.8. The molecule has 3 rings (SSSR count). The maximum absolute atomic E-state index is 12.1. The summed E-state index contributed by atoms with van der Waals surface area (Å²) in [6.45, 7) is 0. The van der Waals surface area contributed by atoms with Crippen LogP contribution in [0.15, 0.2) is 53.1 Å². The van der Waals surface area contributed by atoms with Gasteiger partial charge in [0.05, 0.1) is 12.7 Å². The van der Waals surface area contributed by atoms with Crippen LogP contribution in [0.25, 0.3) is 11.0 Å². The Morgan fingerprint density at radius 3 is 2.52 bits per heavy atom. The summed E-state index contributed by atoms with van der Waals surface area (Å²) < 4.78 is 5.41. The molecule has 0 saturated carbocycles. The quantitative estimate of drug-likeness (QED) is 0.744. The van der Waals surface area contributed by atoms with E-state index in [-0.39, 0.29) is 12.3 Å². The van der Waals surface area contributed by atoms with Gasteiger partial charge in [-0.1, -0.05) is 23.2 Å². The van der Waals surface area contributed by atoms with Gasteiger partial charge in [0, 0.05) is 26.7 Å². The lowest BCUT2D eigenvalue weighted by molar-refractivity contribution is -0.115. The molecule has 1 amide bonds. The monoisotopic (exact) mass is 319 g/mol. The molecule has 1 N–H and O–H groups in total. The van der Waals surface area contributed by atoms with Crippen molar-refractivity contribution in [3.8, 4) is 0 Å². The Morgan fingerprint density at radius 1 is 1.05 bits per heavy atom. The van der Waals surface area contributed by atoms with Gasteiger partial charge in [-0.15, -0.1) is 0 Å². The van der Waals surface area contributed by atoms with Gasteiger partial charge in [0.25, 0.3) is 0 Å². The van der Waals surface area contributed by atoms with Crippen LogP contribution in [-0.2, 0) is 11.2 Å². The lowest BCUT2D eigenvalue weighted by atomic mass is 10.1. The minimum Gasteiger partial charge on any atom is -0.464 e. The Kier molecular flexibility index (Phi) is 3.86. The number of nitrogens with one attached hydrogen (secondary N) is 1. The van der Waals surface area contributed by atoms with Crippen LogP contribution in [-0.4, -0.2) is 5.91 Å². The van der Waals surface area contributed by atoms with E-state index >= 15 is 0 Å². The van der Waals surface area contributed by atoms with Crippen molar-refractivity contribution in [1.82, 2.24) is 0 Å². The molecule has 0 bridgehead atoms. The minimum atomic E-state index is -0.125. The molecule has 106 valence electrons. The molecule has 0 aliphatic carbocycles. The molecule has 0 saturated heterocycles. The first-order chi connectivity index (χ1) is 10.1. The number of amides is 1. The zero-order chi connectivity index (χ0) is 14.8. The SMILES string of the molecule is O=C(Cc1coc2ccc(Cl)cc12)Nc1ccc(Cl)cc1. The first-order valence-electron chi connectivity index (χ1n) is 6.33. The number of carbonyl (C=O) groups excluding carboxylic acids is 1. The molecule has 0 atom stereocenters. The molecule has 5 heteroatoms. The van der Waals surface area contributed by atoms with Crippen LogP contribution >= 0.6 is 23.2 Å².